The van der Waals surface area contributed by atoms with Crippen LogP contribution in [0.3, 0.4) is 0 Å². The van der Waals surface area contributed by atoms with Crippen molar-refractivity contribution in [2.75, 3.05) is 0 Å². The lowest BCUT2D eigenvalue weighted by Gasteiger charge is -2.09. The van der Waals surface area contributed by atoms with Crippen LogP contribution in [0.25, 0.3) is 6.08 Å². The Labute approximate surface area is 123 Å². The quantitative estimate of drug-likeness (QED) is 0.445. The third-order valence-electron chi connectivity index (χ3n) is 3.21. The molecule has 1 unspecified atom stereocenters. The molecule has 2 nitrogen and oxygen atoms in total. The van der Waals surface area contributed by atoms with Crippen molar-refractivity contribution in [1.82, 2.24) is 0 Å². The normalized spacial score (nSPS) is 12.5. The number of rotatable bonds is 5. The molecule has 2 aromatic rings. The number of thiophene rings is 1. The molecule has 104 valence electrons. The van der Waals surface area contributed by atoms with E-state index >= 15 is 0 Å². The fraction of sp³-hybridized carbons (Fsp3) is 0.235. The van der Waals surface area contributed by atoms with Gasteiger partial charge in [0.2, 0.25) is 0 Å². The summed E-state index contributed by atoms with van der Waals surface area (Å²) in [6.45, 7) is 4.35. The summed E-state index contributed by atoms with van der Waals surface area (Å²) in [7, 11) is 0. The molecule has 3 heteroatoms. The van der Waals surface area contributed by atoms with Gasteiger partial charge in [-0.25, -0.2) is 4.79 Å². The summed E-state index contributed by atoms with van der Waals surface area (Å²) in [5, 5.41) is 1.97. The fourth-order valence-corrected chi connectivity index (χ4v) is 2.40. The van der Waals surface area contributed by atoms with Crippen LogP contribution in [-0.4, -0.2) is 5.97 Å². The van der Waals surface area contributed by atoms with Crippen LogP contribution >= 0.6 is 11.3 Å². The van der Waals surface area contributed by atoms with Gasteiger partial charge in [0.1, 0.15) is 5.75 Å². The lowest BCUT2D eigenvalue weighted by molar-refractivity contribution is -0.128. The average Bonchev–Trinajstić information content (AvgIpc) is 2.98. The zero-order valence-corrected chi connectivity index (χ0v) is 12.5. The summed E-state index contributed by atoms with van der Waals surface area (Å²) >= 11 is 1.58. The fourth-order valence-electron chi connectivity index (χ4n) is 1.79. The van der Waals surface area contributed by atoms with Crippen LogP contribution in [-0.2, 0) is 4.79 Å². The van der Waals surface area contributed by atoms with E-state index in [2.05, 4.69) is 13.8 Å². The Morgan fingerprint density at radius 3 is 2.65 bits per heavy atom. The highest BCUT2D eigenvalue weighted by Gasteiger charge is 2.04. The highest BCUT2D eigenvalue weighted by atomic mass is 32.1. The van der Waals surface area contributed by atoms with Crippen molar-refractivity contribution in [3.05, 3.63) is 58.3 Å². The second kappa shape index (κ2) is 7.06. The largest absolute Gasteiger partial charge is 0.423 e. The van der Waals surface area contributed by atoms with Gasteiger partial charge in [-0.15, -0.1) is 11.3 Å². The number of esters is 1. The van der Waals surface area contributed by atoms with Crippen molar-refractivity contribution in [2.45, 2.75) is 26.2 Å². The van der Waals surface area contributed by atoms with E-state index in [0.29, 0.717) is 11.7 Å². The summed E-state index contributed by atoms with van der Waals surface area (Å²) in [5.41, 5.74) is 1.27. The highest BCUT2D eigenvalue weighted by Crippen LogP contribution is 2.21. The van der Waals surface area contributed by atoms with Gasteiger partial charge in [-0.2, -0.15) is 0 Å². The summed E-state index contributed by atoms with van der Waals surface area (Å²) in [4.78, 5) is 12.7. The number of hydrogen-bond acceptors (Lipinski definition) is 3. The van der Waals surface area contributed by atoms with Crippen molar-refractivity contribution in [2.24, 2.45) is 0 Å². The van der Waals surface area contributed by atoms with Crippen LogP contribution in [0.5, 0.6) is 5.75 Å². The van der Waals surface area contributed by atoms with Gasteiger partial charge in [-0.1, -0.05) is 32.0 Å². The Balaban J connectivity index is 1.94. The summed E-state index contributed by atoms with van der Waals surface area (Å²) < 4.78 is 5.26. The van der Waals surface area contributed by atoms with Gasteiger partial charge in [0.05, 0.1) is 0 Å². The third kappa shape index (κ3) is 4.07. The van der Waals surface area contributed by atoms with Crippen LogP contribution in [0.15, 0.2) is 47.9 Å². The van der Waals surface area contributed by atoms with Gasteiger partial charge >= 0.3 is 5.97 Å². The van der Waals surface area contributed by atoms with Gasteiger partial charge in [-0.3, -0.25) is 0 Å². The first-order valence-electron chi connectivity index (χ1n) is 6.72. The Kier molecular flexibility index (Phi) is 5.13. The molecule has 0 radical (unpaired) electrons. The number of carbonyl (C=O) groups is 1. The molecule has 1 atom stereocenters. The molecule has 0 aliphatic rings. The number of hydrogen-bond donors (Lipinski definition) is 0. The van der Waals surface area contributed by atoms with E-state index in [1.807, 2.05) is 41.8 Å². The number of ether oxygens (including phenoxy) is 1. The van der Waals surface area contributed by atoms with Crippen molar-refractivity contribution in [3.63, 3.8) is 0 Å². The Morgan fingerprint density at radius 2 is 2.05 bits per heavy atom. The smallest absolute Gasteiger partial charge is 0.336 e. The molecule has 1 heterocycles. The minimum Gasteiger partial charge on any atom is -0.423 e. The molecular formula is C17H18O2S. The Bertz CT molecular complexity index is 568. The molecule has 2 rings (SSSR count). The van der Waals surface area contributed by atoms with Crippen molar-refractivity contribution < 1.29 is 9.53 Å². The van der Waals surface area contributed by atoms with Gasteiger partial charge in [0.25, 0.3) is 0 Å². The summed E-state index contributed by atoms with van der Waals surface area (Å²) in [6.07, 6.45) is 4.32. The zero-order chi connectivity index (χ0) is 14.4. The highest BCUT2D eigenvalue weighted by molar-refractivity contribution is 7.10. The van der Waals surface area contributed by atoms with Crippen molar-refractivity contribution >= 4 is 23.4 Å². The van der Waals surface area contributed by atoms with Crippen molar-refractivity contribution in [1.29, 1.82) is 0 Å². The molecule has 20 heavy (non-hydrogen) atoms. The molecule has 0 aliphatic carbocycles. The molecule has 0 saturated heterocycles. The minimum absolute atomic E-state index is 0.352. The van der Waals surface area contributed by atoms with E-state index in [4.69, 9.17) is 4.74 Å². The maximum atomic E-state index is 11.7. The van der Waals surface area contributed by atoms with E-state index in [1.54, 1.807) is 17.4 Å². The standard InChI is InChI=1S/C17H18O2S/c1-3-13(2)14-6-8-15(9-7-14)19-17(18)11-10-16-5-4-12-20-16/h4-13H,3H2,1-2H3/b11-10+. The first kappa shape index (κ1) is 14.5. The van der Waals surface area contributed by atoms with Crippen LogP contribution in [0.2, 0.25) is 0 Å². The monoisotopic (exact) mass is 286 g/mol. The summed E-state index contributed by atoms with van der Waals surface area (Å²) in [6, 6.07) is 11.6. The van der Waals surface area contributed by atoms with E-state index < -0.39 is 0 Å². The van der Waals surface area contributed by atoms with Crippen LogP contribution in [0.1, 0.15) is 36.6 Å². The first-order chi connectivity index (χ1) is 9.69. The summed E-state index contributed by atoms with van der Waals surface area (Å²) in [5.74, 6) is 0.756. The minimum atomic E-state index is -0.352. The second-order valence-corrected chi connectivity index (χ2v) is 5.63. The van der Waals surface area contributed by atoms with E-state index in [1.165, 1.54) is 11.6 Å². The van der Waals surface area contributed by atoms with Gasteiger partial charge < -0.3 is 4.74 Å². The molecule has 0 amide bonds. The predicted molar refractivity (Wildman–Crippen MR) is 84.1 cm³/mol. The molecule has 0 N–H and O–H groups in total. The van der Waals surface area contributed by atoms with Crippen LogP contribution in [0, 0.1) is 0 Å². The maximum Gasteiger partial charge on any atom is 0.336 e. The average molecular weight is 286 g/mol. The first-order valence-corrected chi connectivity index (χ1v) is 7.60. The van der Waals surface area contributed by atoms with Gasteiger partial charge in [-0.05, 0) is 47.6 Å². The molecule has 0 fully saturated rings. The lowest BCUT2D eigenvalue weighted by atomic mass is 9.99. The Hall–Kier alpha value is -1.87. The predicted octanol–water partition coefficient (Wildman–Crippen LogP) is 4.88. The SMILES string of the molecule is CCC(C)c1ccc(OC(=O)/C=C/c2cccs2)cc1. The number of carbonyl (C=O) groups excluding carboxylic acids is 1. The molecule has 0 saturated carbocycles. The van der Waals surface area contributed by atoms with Crippen LogP contribution in [0.4, 0.5) is 0 Å². The molecule has 0 bridgehead atoms. The third-order valence-corrected chi connectivity index (χ3v) is 4.04. The lowest BCUT2D eigenvalue weighted by Crippen LogP contribution is -2.03. The van der Waals surface area contributed by atoms with Crippen LogP contribution < -0.4 is 4.74 Å². The van der Waals surface area contributed by atoms with E-state index in [-0.39, 0.29) is 5.97 Å². The molecule has 1 aromatic carbocycles. The molecular weight excluding hydrogens is 268 g/mol. The van der Waals surface area contributed by atoms with E-state index in [9.17, 15) is 4.79 Å². The second-order valence-electron chi connectivity index (χ2n) is 4.65. The van der Waals surface area contributed by atoms with Gasteiger partial charge in [0, 0.05) is 11.0 Å². The molecule has 1 aromatic heterocycles. The van der Waals surface area contributed by atoms with Crippen molar-refractivity contribution in [3.8, 4) is 5.75 Å². The zero-order valence-electron chi connectivity index (χ0n) is 11.7. The maximum absolute atomic E-state index is 11.7. The van der Waals surface area contributed by atoms with E-state index in [0.717, 1.165) is 11.3 Å². The molecule has 0 aliphatic heterocycles. The van der Waals surface area contributed by atoms with Gasteiger partial charge in [0.15, 0.2) is 0 Å². The Morgan fingerprint density at radius 1 is 1.30 bits per heavy atom. The topological polar surface area (TPSA) is 26.3 Å². The molecule has 0 spiro atoms. The number of benzene rings is 1.